The molecule has 5 rings (SSSR count). The van der Waals surface area contributed by atoms with Gasteiger partial charge in [0.15, 0.2) is 11.5 Å². The highest BCUT2D eigenvalue weighted by atomic mass is 35.5. The van der Waals surface area contributed by atoms with Crippen LogP contribution in [0.3, 0.4) is 0 Å². The third-order valence-electron chi connectivity index (χ3n) is 5.83. The molecule has 2 heterocycles. The molecule has 4 aromatic rings. The standard InChI is InChI=1S/C26H22ClNO5/c1-30-23-9-7-16(11-24(23)31-2)20-14-32-26-18(25(20)29)8-10-22-19(26)13-28(15-33-22)12-17-5-3-4-6-21(17)27/h3-11,14H,12-13,15H2,1-2H3. The molecule has 0 spiro atoms. The van der Waals surface area contributed by atoms with E-state index in [0.29, 0.717) is 58.4 Å². The predicted octanol–water partition coefficient (Wildman–Crippen LogP) is 5.48. The number of halogens is 1. The van der Waals surface area contributed by atoms with Gasteiger partial charge in [0.05, 0.1) is 30.7 Å². The fourth-order valence-electron chi connectivity index (χ4n) is 4.13. The first-order valence-electron chi connectivity index (χ1n) is 10.5. The monoisotopic (exact) mass is 463 g/mol. The van der Waals surface area contributed by atoms with Gasteiger partial charge in [0.25, 0.3) is 0 Å². The van der Waals surface area contributed by atoms with Gasteiger partial charge in [0.1, 0.15) is 24.3 Å². The van der Waals surface area contributed by atoms with Crippen LogP contribution >= 0.6 is 11.6 Å². The van der Waals surface area contributed by atoms with Crippen LogP contribution in [0.15, 0.2) is 70.1 Å². The van der Waals surface area contributed by atoms with Crippen LogP contribution in [0.5, 0.6) is 17.2 Å². The summed E-state index contributed by atoms with van der Waals surface area (Å²) in [6.45, 7) is 1.64. The molecule has 1 aliphatic rings. The third kappa shape index (κ3) is 3.92. The van der Waals surface area contributed by atoms with E-state index >= 15 is 0 Å². The molecule has 33 heavy (non-hydrogen) atoms. The van der Waals surface area contributed by atoms with E-state index in [2.05, 4.69) is 4.90 Å². The van der Waals surface area contributed by atoms with Gasteiger partial charge in [-0.15, -0.1) is 0 Å². The van der Waals surface area contributed by atoms with Crippen molar-refractivity contribution in [3.05, 3.63) is 87.2 Å². The van der Waals surface area contributed by atoms with E-state index < -0.39 is 0 Å². The lowest BCUT2D eigenvalue weighted by Crippen LogP contribution is -2.31. The number of fused-ring (bicyclic) bond motifs is 3. The van der Waals surface area contributed by atoms with E-state index in [1.54, 1.807) is 32.4 Å². The Labute approximate surface area is 195 Å². The Morgan fingerprint density at radius 3 is 2.64 bits per heavy atom. The molecule has 0 N–H and O–H groups in total. The molecule has 0 radical (unpaired) electrons. The zero-order valence-corrected chi connectivity index (χ0v) is 19.0. The zero-order valence-electron chi connectivity index (χ0n) is 18.3. The van der Waals surface area contributed by atoms with Gasteiger partial charge in [-0.25, -0.2) is 0 Å². The van der Waals surface area contributed by atoms with E-state index in [1.165, 1.54) is 6.26 Å². The molecule has 0 saturated carbocycles. The molecule has 168 valence electrons. The maximum atomic E-state index is 13.4. The maximum Gasteiger partial charge on any atom is 0.200 e. The summed E-state index contributed by atoms with van der Waals surface area (Å²) >= 11 is 6.33. The van der Waals surface area contributed by atoms with Crippen LogP contribution in [0, 0.1) is 0 Å². The van der Waals surface area contributed by atoms with Crippen LogP contribution < -0.4 is 19.6 Å². The first-order chi connectivity index (χ1) is 16.1. The summed E-state index contributed by atoms with van der Waals surface area (Å²) < 4.78 is 22.7. The van der Waals surface area contributed by atoms with Crippen molar-refractivity contribution in [3.8, 4) is 28.4 Å². The lowest BCUT2D eigenvalue weighted by atomic mass is 10.0. The molecular formula is C26H22ClNO5. The molecule has 0 amide bonds. The Kier molecular flexibility index (Phi) is 5.70. The number of nitrogens with zero attached hydrogens (tertiary/aromatic N) is 1. The molecular weight excluding hydrogens is 442 g/mol. The molecule has 7 heteroatoms. The van der Waals surface area contributed by atoms with Gasteiger partial charge in [0.2, 0.25) is 5.43 Å². The normalized spacial score (nSPS) is 13.4. The van der Waals surface area contributed by atoms with Crippen molar-refractivity contribution < 1.29 is 18.6 Å². The topological polar surface area (TPSA) is 61.1 Å². The van der Waals surface area contributed by atoms with E-state index in [-0.39, 0.29) is 5.43 Å². The summed E-state index contributed by atoms with van der Waals surface area (Å²) in [7, 11) is 3.13. The second-order valence-electron chi connectivity index (χ2n) is 7.82. The van der Waals surface area contributed by atoms with Crippen molar-refractivity contribution in [2.45, 2.75) is 13.1 Å². The molecule has 0 aliphatic carbocycles. The molecule has 0 atom stereocenters. The molecule has 3 aromatic carbocycles. The van der Waals surface area contributed by atoms with Crippen molar-refractivity contribution in [1.29, 1.82) is 0 Å². The van der Waals surface area contributed by atoms with Crippen LogP contribution in [0.2, 0.25) is 5.02 Å². The summed E-state index contributed by atoms with van der Waals surface area (Å²) in [5.74, 6) is 1.86. The minimum Gasteiger partial charge on any atom is -0.493 e. The van der Waals surface area contributed by atoms with Crippen LogP contribution in [0.1, 0.15) is 11.1 Å². The third-order valence-corrected chi connectivity index (χ3v) is 6.20. The lowest BCUT2D eigenvalue weighted by molar-refractivity contribution is 0.0890. The van der Waals surface area contributed by atoms with Gasteiger partial charge in [-0.05, 0) is 41.5 Å². The van der Waals surface area contributed by atoms with Gasteiger partial charge in [-0.3, -0.25) is 9.69 Å². The van der Waals surface area contributed by atoms with Gasteiger partial charge in [0, 0.05) is 18.1 Å². The summed E-state index contributed by atoms with van der Waals surface area (Å²) in [6.07, 6.45) is 1.50. The number of hydrogen-bond acceptors (Lipinski definition) is 6. The highest BCUT2D eigenvalue weighted by Crippen LogP contribution is 2.35. The smallest absolute Gasteiger partial charge is 0.200 e. The fourth-order valence-corrected chi connectivity index (χ4v) is 4.32. The van der Waals surface area contributed by atoms with Crippen molar-refractivity contribution >= 4 is 22.6 Å². The van der Waals surface area contributed by atoms with E-state index in [4.69, 9.17) is 30.2 Å². The highest BCUT2D eigenvalue weighted by molar-refractivity contribution is 6.31. The minimum atomic E-state index is -0.116. The van der Waals surface area contributed by atoms with Crippen molar-refractivity contribution in [3.63, 3.8) is 0 Å². The lowest BCUT2D eigenvalue weighted by Gasteiger charge is -2.29. The van der Waals surface area contributed by atoms with Crippen molar-refractivity contribution in [2.24, 2.45) is 0 Å². The van der Waals surface area contributed by atoms with Crippen LogP contribution in [-0.4, -0.2) is 25.9 Å². The quantitative estimate of drug-likeness (QED) is 0.390. The number of hydrogen-bond donors (Lipinski definition) is 0. The molecule has 6 nitrogen and oxygen atoms in total. The highest BCUT2D eigenvalue weighted by Gasteiger charge is 2.23. The molecule has 0 bridgehead atoms. The molecule has 1 aliphatic heterocycles. The Hall–Kier alpha value is -3.48. The Bertz CT molecular complexity index is 1400. The van der Waals surface area contributed by atoms with Crippen molar-refractivity contribution in [1.82, 2.24) is 4.90 Å². The minimum absolute atomic E-state index is 0.116. The van der Waals surface area contributed by atoms with Crippen LogP contribution in [0.4, 0.5) is 0 Å². The van der Waals surface area contributed by atoms with Gasteiger partial charge >= 0.3 is 0 Å². The Balaban J connectivity index is 1.52. The van der Waals surface area contributed by atoms with Crippen molar-refractivity contribution in [2.75, 3.05) is 21.0 Å². The van der Waals surface area contributed by atoms with Gasteiger partial charge in [-0.1, -0.05) is 35.9 Å². The second-order valence-corrected chi connectivity index (χ2v) is 8.23. The summed E-state index contributed by atoms with van der Waals surface area (Å²) in [5.41, 5.74) is 3.43. The number of rotatable bonds is 5. The average molecular weight is 464 g/mol. The van der Waals surface area contributed by atoms with E-state index in [0.717, 1.165) is 16.9 Å². The number of benzene rings is 3. The van der Waals surface area contributed by atoms with Gasteiger partial charge < -0.3 is 18.6 Å². The second kappa shape index (κ2) is 8.81. The predicted molar refractivity (Wildman–Crippen MR) is 127 cm³/mol. The Morgan fingerprint density at radius 2 is 1.85 bits per heavy atom. The van der Waals surface area contributed by atoms with E-state index in [9.17, 15) is 4.79 Å². The number of methoxy groups -OCH3 is 2. The van der Waals surface area contributed by atoms with Crippen LogP contribution in [-0.2, 0) is 13.1 Å². The summed E-state index contributed by atoms with van der Waals surface area (Å²) in [4.78, 5) is 15.5. The Morgan fingerprint density at radius 1 is 1.03 bits per heavy atom. The zero-order chi connectivity index (χ0) is 22.9. The molecule has 0 unspecified atom stereocenters. The maximum absolute atomic E-state index is 13.4. The van der Waals surface area contributed by atoms with Crippen LogP contribution in [0.25, 0.3) is 22.1 Å². The largest absolute Gasteiger partial charge is 0.493 e. The first-order valence-corrected chi connectivity index (χ1v) is 10.8. The SMILES string of the molecule is COc1ccc(-c2coc3c4c(ccc3c2=O)OCN(Cc2ccccc2Cl)C4)cc1OC. The summed E-state index contributed by atoms with van der Waals surface area (Å²) in [6, 6.07) is 16.7. The van der Waals surface area contributed by atoms with Gasteiger partial charge in [-0.2, -0.15) is 0 Å². The first kappa shape index (κ1) is 21.4. The fraction of sp³-hybridized carbons (Fsp3) is 0.192. The van der Waals surface area contributed by atoms with E-state index in [1.807, 2.05) is 36.4 Å². The molecule has 1 aromatic heterocycles. The molecule has 0 fully saturated rings. The average Bonchev–Trinajstić information content (AvgIpc) is 2.85. The molecule has 0 saturated heterocycles. The summed E-state index contributed by atoms with van der Waals surface area (Å²) in [5, 5.41) is 1.22. The number of ether oxygens (including phenoxy) is 3.